The number of pyridine rings is 1. The average Bonchev–Trinajstić information content (AvgIpc) is 3.10. The smallest absolute Gasteiger partial charge is 0.269 e. The van der Waals surface area contributed by atoms with Crippen LogP contribution in [0.25, 0.3) is 6.08 Å². The van der Waals surface area contributed by atoms with Gasteiger partial charge in [0.05, 0.1) is 11.5 Å². The van der Waals surface area contributed by atoms with Gasteiger partial charge in [-0.2, -0.15) is 0 Å². The van der Waals surface area contributed by atoms with E-state index in [2.05, 4.69) is 4.98 Å². The Morgan fingerprint density at radius 2 is 2.08 bits per heavy atom. The second-order valence-corrected chi connectivity index (χ2v) is 6.17. The molecule has 7 nitrogen and oxygen atoms in total. The van der Waals surface area contributed by atoms with E-state index < -0.39 is 4.92 Å². The molecule has 7 heteroatoms. The average molecular weight is 353 g/mol. The largest absolute Gasteiger partial charge is 0.472 e. The second-order valence-electron chi connectivity index (χ2n) is 6.17. The van der Waals surface area contributed by atoms with Crippen molar-refractivity contribution in [3.63, 3.8) is 0 Å². The lowest BCUT2D eigenvalue weighted by Gasteiger charge is -2.15. The molecule has 1 unspecified atom stereocenters. The van der Waals surface area contributed by atoms with Gasteiger partial charge in [-0.05, 0) is 36.3 Å². The van der Waals surface area contributed by atoms with Gasteiger partial charge in [0.25, 0.3) is 5.69 Å². The number of hydrogen-bond acceptors (Lipinski definition) is 5. The Hall–Kier alpha value is -3.22. The summed E-state index contributed by atoms with van der Waals surface area (Å²) in [6.07, 6.45) is 5.57. The number of nitro benzene ring substituents is 1. The van der Waals surface area contributed by atoms with Crippen LogP contribution in [-0.4, -0.2) is 39.9 Å². The van der Waals surface area contributed by atoms with Crippen LogP contribution in [0.15, 0.2) is 48.7 Å². The van der Waals surface area contributed by atoms with Crippen molar-refractivity contribution in [2.45, 2.75) is 19.4 Å². The van der Waals surface area contributed by atoms with Crippen molar-refractivity contribution in [3.8, 4) is 5.88 Å². The van der Waals surface area contributed by atoms with E-state index in [1.165, 1.54) is 18.2 Å². The van der Waals surface area contributed by atoms with Crippen LogP contribution in [0.4, 0.5) is 5.69 Å². The molecule has 0 spiro atoms. The molecule has 0 saturated carbocycles. The standard InChI is InChI=1S/C19H19N3O4/c1-14-2-8-18(20-12-14)26-17-10-11-21(13-17)19(23)9-5-15-3-6-16(7-4-15)22(24)25/h2-9,12,17H,10-11,13H2,1H3/b9-5+. The number of carbonyl (C=O) groups excluding carboxylic acids is 1. The molecular weight excluding hydrogens is 334 g/mol. The van der Waals surface area contributed by atoms with E-state index >= 15 is 0 Å². The number of benzene rings is 1. The van der Waals surface area contributed by atoms with Crippen LogP contribution >= 0.6 is 0 Å². The first-order valence-corrected chi connectivity index (χ1v) is 8.32. The molecule has 2 aromatic rings. The highest BCUT2D eigenvalue weighted by Gasteiger charge is 2.26. The van der Waals surface area contributed by atoms with Crippen molar-refractivity contribution in [3.05, 3.63) is 69.9 Å². The van der Waals surface area contributed by atoms with Crippen LogP contribution < -0.4 is 4.74 Å². The summed E-state index contributed by atoms with van der Waals surface area (Å²) >= 11 is 0. The molecule has 134 valence electrons. The van der Waals surface area contributed by atoms with E-state index in [-0.39, 0.29) is 17.7 Å². The third-order valence-electron chi connectivity index (χ3n) is 4.15. The SMILES string of the molecule is Cc1ccc(OC2CCN(C(=O)/C=C/c3ccc([N+](=O)[O-])cc3)C2)nc1. The number of nitro groups is 1. The second kappa shape index (κ2) is 7.77. The fraction of sp³-hybridized carbons (Fsp3) is 0.263. The number of amides is 1. The molecule has 0 bridgehead atoms. The van der Waals surface area contributed by atoms with E-state index in [4.69, 9.17) is 4.74 Å². The summed E-state index contributed by atoms with van der Waals surface area (Å²) in [7, 11) is 0. The molecule has 0 N–H and O–H groups in total. The Morgan fingerprint density at radius 1 is 1.31 bits per heavy atom. The monoisotopic (exact) mass is 353 g/mol. The number of aromatic nitrogens is 1. The molecule has 1 atom stereocenters. The molecule has 1 saturated heterocycles. The van der Waals surface area contributed by atoms with Crippen molar-refractivity contribution in [1.29, 1.82) is 0 Å². The third-order valence-corrected chi connectivity index (χ3v) is 4.15. The summed E-state index contributed by atoms with van der Waals surface area (Å²) in [5.41, 5.74) is 1.83. The Morgan fingerprint density at radius 3 is 2.73 bits per heavy atom. The Bertz CT molecular complexity index is 816. The number of aryl methyl sites for hydroxylation is 1. The molecule has 1 aliphatic rings. The first-order valence-electron chi connectivity index (χ1n) is 8.32. The molecule has 0 aliphatic carbocycles. The highest BCUT2D eigenvalue weighted by atomic mass is 16.6. The maximum absolute atomic E-state index is 12.3. The van der Waals surface area contributed by atoms with Gasteiger partial charge in [0, 0.05) is 43.4 Å². The first kappa shape index (κ1) is 17.6. The normalized spacial score (nSPS) is 16.8. The lowest BCUT2D eigenvalue weighted by Crippen LogP contribution is -2.29. The summed E-state index contributed by atoms with van der Waals surface area (Å²) in [5, 5.41) is 10.6. The van der Waals surface area contributed by atoms with Gasteiger partial charge in [0.2, 0.25) is 11.8 Å². The predicted octanol–water partition coefficient (Wildman–Crippen LogP) is 2.99. The molecule has 26 heavy (non-hydrogen) atoms. The zero-order chi connectivity index (χ0) is 18.5. The number of non-ortho nitro benzene ring substituents is 1. The van der Waals surface area contributed by atoms with Crippen LogP contribution in [0.1, 0.15) is 17.5 Å². The van der Waals surface area contributed by atoms with E-state index in [9.17, 15) is 14.9 Å². The van der Waals surface area contributed by atoms with Gasteiger partial charge in [-0.25, -0.2) is 4.98 Å². The fourth-order valence-electron chi connectivity index (χ4n) is 2.70. The molecule has 3 rings (SSSR count). The van der Waals surface area contributed by atoms with E-state index in [0.29, 0.717) is 19.0 Å². The van der Waals surface area contributed by atoms with Crippen molar-refractivity contribution in [1.82, 2.24) is 9.88 Å². The maximum Gasteiger partial charge on any atom is 0.269 e. The molecule has 0 radical (unpaired) electrons. The topological polar surface area (TPSA) is 85.6 Å². The van der Waals surface area contributed by atoms with Crippen LogP contribution in [0.3, 0.4) is 0 Å². The number of rotatable bonds is 5. The Kier molecular flexibility index (Phi) is 5.26. The van der Waals surface area contributed by atoms with Crippen LogP contribution in [0.2, 0.25) is 0 Å². The number of hydrogen-bond donors (Lipinski definition) is 0. The van der Waals surface area contributed by atoms with Crippen molar-refractivity contribution in [2.75, 3.05) is 13.1 Å². The summed E-state index contributed by atoms with van der Waals surface area (Å²) < 4.78 is 5.82. The maximum atomic E-state index is 12.3. The molecule has 2 heterocycles. The van der Waals surface area contributed by atoms with Crippen molar-refractivity contribution in [2.24, 2.45) is 0 Å². The van der Waals surface area contributed by atoms with Gasteiger partial charge in [-0.15, -0.1) is 0 Å². The quantitative estimate of drug-likeness (QED) is 0.469. The van der Waals surface area contributed by atoms with Gasteiger partial charge >= 0.3 is 0 Å². The summed E-state index contributed by atoms with van der Waals surface area (Å²) in [5.74, 6) is 0.461. The number of nitrogens with zero attached hydrogens (tertiary/aromatic N) is 3. The fourth-order valence-corrected chi connectivity index (χ4v) is 2.70. The van der Waals surface area contributed by atoms with Crippen LogP contribution in [0.5, 0.6) is 5.88 Å². The molecule has 1 aromatic carbocycles. The van der Waals surface area contributed by atoms with Gasteiger partial charge < -0.3 is 9.64 Å². The molecular formula is C19H19N3O4. The van der Waals surface area contributed by atoms with E-state index in [0.717, 1.165) is 17.5 Å². The third kappa shape index (κ3) is 4.44. The predicted molar refractivity (Wildman–Crippen MR) is 96.7 cm³/mol. The van der Waals surface area contributed by atoms with Crippen molar-refractivity contribution >= 4 is 17.7 Å². The number of ether oxygens (including phenoxy) is 1. The molecule has 1 aliphatic heterocycles. The minimum absolute atomic E-state index is 0.0257. The first-order chi connectivity index (χ1) is 12.5. The van der Waals surface area contributed by atoms with E-state index in [1.807, 2.05) is 19.1 Å². The van der Waals surface area contributed by atoms with Gasteiger partial charge in [0.15, 0.2) is 0 Å². The van der Waals surface area contributed by atoms with Crippen LogP contribution in [0, 0.1) is 17.0 Å². The minimum Gasteiger partial charge on any atom is -0.472 e. The highest BCUT2D eigenvalue weighted by Crippen LogP contribution is 2.18. The molecule has 1 amide bonds. The van der Waals surface area contributed by atoms with Crippen molar-refractivity contribution < 1.29 is 14.5 Å². The zero-order valence-electron chi connectivity index (χ0n) is 14.4. The minimum atomic E-state index is -0.452. The molecule has 1 fully saturated rings. The molecule has 1 aromatic heterocycles. The number of carbonyl (C=O) groups is 1. The van der Waals surface area contributed by atoms with Gasteiger partial charge in [-0.1, -0.05) is 6.07 Å². The Balaban J connectivity index is 1.53. The van der Waals surface area contributed by atoms with Crippen LogP contribution in [-0.2, 0) is 4.79 Å². The lowest BCUT2D eigenvalue weighted by molar-refractivity contribution is -0.384. The summed E-state index contributed by atoms with van der Waals surface area (Å²) in [4.78, 5) is 28.4. The summed E-state index contributed by atoms with van der Waals surface area (Å²) in [6, 6.07) is 9.82. The van der Waals surface area contributed by atoms with Gasteiger partial charge in [0.1, 0.15) is 6.10 Å². The highest BCUT2D eigenvalue weighted by molar-refractivity contribution is 5.92. The summed E-state index contributed by atoms with van der Waals surface area (Å²) in [6.45, 7) is 3.10. The lowest BCUT2D eigenvalue weighted by atomic mass is 10.2. The number of likely N-dealkylation sites (tertiary alicyclic amines) is 1. The Labute approximate surface area is 151 Å². The zero-order valence-corrected chi connectivity index (χ0v) is 14.4. The van der Waals surface area contributed by atoms with Gasteiger partial charge in [-0.3, -0.25) is 14.9 Å². The van der Waals surface area contributed by atoms with E-state index in [1.54, 1.807) is 29.3 Å².